The van der Waals surface area contributed by atoms with Crippen molar-refractivity contribution in [2.24, 2.45) is 0 Å². The average Bonchev–Trinajstić information content (AvgIpc) is 1.98. The van der Waals surface area contributed by atoms with Crippen LogP contribution in [0.5, 0.6) is 0 Å². The lowest BCUT2D eigenvalue weighted by atomic mass is 10.3. The van der Waals surface area contributed by atoms with Gasteiger partial charge in [0.05, 0.1) is 6.26 Å². The molecule has 0 aromatic heterocycles. The van der Waals surface area contributed by atoms with Crippen LogP contribution in [0.15, 0.2) is 24.7 Å². The number of hydrogen-bond donors (Lipinski definition) is 1. The van der Waals surface area contributed by atoms with Gasteiger partial charge < -0.3 is 9.84 Å². The smallest absolute Gasteiger partial charge is 0.380 e. The number of hydrogen-bond acceptors (Lipinski definition) is 3. The van der Waals surface area contributed by atoms with Crippen molar-refractivity contribution in [3.8, 4) is 0 Å². The van der Waals surface area contributed by atoms with E-state index < -0.39 is 17.5 Å². The highest BCUT2D eigenvalue weighted by molar-refractivity contribution is 6.38. The van der Waals surface area contributed by atoms with E-state index in [4.69, 9.17) is 5.11 Å². The molecule has 0 aromatic carbocycles. The number of carbonyl (C=O) groups is 2. The molecule has 0 saturated carbocycles. The first-order chi connectivity index (χ1) is 5.09. The molecule has 0 heterocycles. The number of ketones is 1. The highest BCUT2D eigenvalue weighted by atomic mass is 16.5. The third-order valence-electron chi connectivity index (χ3n) is 0.794. The molecule has 0 aliphatic heterocycles. The number of carboxylic acids is 1. The van der Waals surface area contributed by atoms with Gasteiger partial charge in [-0.05, 0) is 6.92 Å². The molecule has 11 heavy (non-hydrogen) atoms. The third-order valence-corrected chi connectivity index (χ3v) is 0.794. The van der Waals surface area contributed by atoms with Gasteiger partial charge in [0.2, 0.25) is 0 Å². The first-order valence-corrected chi connectivity index (χ1v) is 2.84. The molecule has 0 unspecified atom stereocenters. The summed E-state index contributed by atoms with van der Waals surface area (Å²) in [6.07, 6.45) is 2.70. The van der Waals surface area contributed by atoms with Crippen molar-refractivity contribution < 1.29 is 19.4 Å². The van der Waals surface area contributed by atoms with Crippen LogP contribution < -0.4 is 0 Å². The Hall–Kier alpha value is -1.58. The number of carboxylic acid groups (broad SMARTS) is 1. The largest absolute Gasteiger partial charge is 0.475 e. The van der Waals surface area contributed by atoms with Crippen LogP contribution in [0.4, 0.5) is 0 Å². The molecular weight excluding hydrogens is 148 g/mol. The van der Waals surface area contributed by atoms with E-state index in [0.29, 0.717) is 0 Å². The van der Waals surface area contributed by atoms with Crippen LogP contribution in [0.1, 0.15) is 6.92 Å². The summed E-state index contributed by atoms with van der Waals surface area (Å²) in [4.78, 5) is 20.5. The maximum Gasteiger partial charge on any atom is 0.380 e. The maximum absolute atomic E-state index is 10.5. The Bertz CT molecular complexity index is 214. The lowest BCUT2D eigenvalue weighted by Crippen LogP contribution is -2.14. The molecule has 0 atom stereocenters. The monoisotopic (exact) mass is 156 g/mol. The summed E-state index contributed by atoms with van der Waals surface area (Å²) in [5, 5.41) is 8.14. The zero-order valence-corrected chi connectivity index (χ0v) is 6.03. The number of allylic oxidation sites excluding steroid dienone is 1. The number of Topliss-reactive ketones (excluding diaryl/α,β-unsaturated/α-hetero) is 1. The van der Waals surface area contributed by atoms with Gasteiger partial charge in [-0.25, -0.2) is 4.79 Å². The first kappa shape index (κ1) is 9.42. The van der Waals surface area contributed by atoms with Crippen LogP contribution in [-0.4, -0.2) is 16.9 Å². The second-order valence-corrected chi connectivity index (χ2v) is 1.64. The molecule has 4 nitrogen and oxygen atoms in total. The van der Waals surface area contributed by atoms with Gasteiger partial charge in [-0.3, -0.25) is 4.79 Å². The molecular formula is C7H8O4. The molecule has 0 fully saturated rings. The Kier molecular flexibility index (Phi) is 3.66. The minimum Gasteiger partial charge on any atom is -0.475 e. The van der Waals surface area contributed by atoms with Crippen LogP contribution in [0.2, 0.25) is 0 Å². The van der Waals surface area contributed by atoms with Crippen molar-refractivity contribution in [2.45, 2.75) is 6.92 Å². The van der Waals surface area contributed by atoms with E-state index in [-0.39, 0.29) is 0 Å². The fraction of sp³-hybridized carbons (Fsp3) is 0.143. The summed E-state index contributed by atoms with van der Waals surface area (Å²) in [6, 6.07) is 0. The minimum absolute atomic E-state index is 0.393. The fourth-order valence-electron chi connectivity index (χ4n) is 0.323. The molecule has 0 radical (unpaired) electrons. The molecule has 0 amide bonds. The maximum atomic E-state index is 10.5. The quantitative estimate of drug-likeness (QED) is 0.369. The van der Waals surface area contributed by atoms with E-state index in [2.05, 4.69) is 11.3 Å². The average molecular weight is 156 g/mol. The molecule has 0 saturated heterocycles. The van der Waals surface area contributed by atoms with E-state index >= 15 is 0 Å². The summed E-state index contributed by atoms with van der Waals surface area (Å²) >= 11 is 0. The summed E-state index contributed by atoms with van der Waals surface area (Å²) in [5.74, 6) is -3.10. The second-order valence-electron chi connectivity index (χ2n) is 1.64. The second kappa shape index (κ2) is 4.27. The van der Waals surface area contributed by atoms with Gasteiger partial charge in [-0.15, -0.1) is 0 Å². The number of ether oxygens (including phenoxy) is 1. The molecule has 0 bridgehead atoms. The zero-order chi connectivity index (χ0) is 8.85. The normalized spacial score (nSPS) is 9.55. The summed E-state index contributed by atoms with van der Waals surface area (Å²) in [5.41, 5.74) is 0. The van der Waals surface area contributed by atoms with Crippen LogP contribution in [0.3, 0.4) is 0 Å². The number of aliphatic carboxylic acids is 1. The van der Waals surface area contributed by atoms with Gasteiger partial charge in [-0.2, -0.15) is 0 Å². The topological polar surface area (TPSA) is 63.6 Å². The molecule has 1 N–H and O–H groups in total. The van der Waals surface area contributed by atoms with Crippen molar-refractivity contribution in [3.05, 3.63) is 24.7 Å². The molecule has 0 aliphatic carbocycles. The van der Waals surface area contributed by atoms with E-state index in [1.165, 1.54) is 12.3 Å². The van der Waals surface area contributed by atoms with Gasteiger partial charge in [0.25, 0.3) is 0 Å². The van der Waals surface area contributed by atoms with Gasteiger partial charge >= 0.3 is 11.8 Å². The Morgan fingerprint density at radius 3 is 2.45 bits per heavy atom. The van der Waals surface area contributed by atoms with Crippen molar-refractivity contribution in [1.82, 2.24) is 0 Å². The third kappa shape index (κ3) is 3.20. The van der Waals surface area contributed by atoms with Gasteiger partial charge in [0.15, 0.2) is 5.76 Å². The predicted octanol–water partition coefficient (Wildman–Crippen LogP) is 0.704. The molecule has 4 heteroatoms. The molecule has 60 valence electrons. The Labute approximate surface area is 63.8 Å². The van der Waals surface area contributed by atoms with E-state index in [1.807, 2.05) is 0 Å². The van der Waals surface area contributed by atoms with Crippen molar-refractivity contribution >= 4 is 11.8 Å². The Morgan fingerprint density at radius 2 is 2.09 bits per heavy atom. The minimum atomic E-state index is -1.57. The van der Waals surface area contributed by atoms with E-state index in [1.54, 1.807) is 6.92 Å². The van der Waals surface area contributed by atoms with Crippen LogP contribution in [0, 0.1) is 0 Å². The van der Waals surface area contributed by atoms with E-state index in [0.717, 1.165) is 0 Å². The lowest BCUT2D eigenvalue weighted by molar-refractivity contribution is -0.148. The highest BCUT2D eigenvalue weighted by Crippen LogP contribution is 1.95. The van der Waals surface area contributed by atoms with Crippen LogP contribution in [0.25, 0.3) is 0 Å². The Balaban J connectivity index is 4.05. The molecule has 0 aromatic rings. The van der Waals surface area contributed by atoms with Crippen molar-refractivity contribution in [1.29, 1.82) is 0 Å². The number of carbonyl (C=O) groups excluding carboxylic acids is 1. The Morgan fingerprint density at radius 1 is 1.55 bits per heavy atom. The summed E-state index contributed by atoms with van der Waals surface area (Å²) < 4.78 is 4.51. The number of rotatable bonds is 4. The molecule has 0 rings (SSSR count). The van der Waals surface area contributed by atoms with Crippen molar-refractivity contribution in [3.63, 3.8) is 0 Å². The summed E-state index contributed by atoms with van der Waals surface area (Å²) in [7, 11) is 0. The van der Waals surface area contributed by atoms with Crippen molar-refractivity contribution in [2.75, 3.05) is 0 Å². The molecule has 0 spiro atoms. The van der Waals surface area contributed by atoms with Gasteiger partial charge in [0, 0.05) is 0 Å². The SMILES string of the molecule is C=C(O/C=C\C)C(=O)C(=O)O. The molecule has 0 aliphatic rings. The lowest BCUT2D eigenvalue weighted by Gasteiger charge is -1.97. The predicted molar refractivity (Wildman–Crippen MR) is 37.7 cm³/mol. The zero-order valence-electron chi connectivity index (χ0n) is 6.03. The van der Waals surface area contributed by atoms with Gasteiger partial charge in [0.1, 0.15) is 0 Å². The first-order valence-electron chi connectivity index (χ1n) is 2.84. The van der Waals surface area contributed by atoms with E-state index in [9.17, 15) is 9.59 Å². The van der Waals surface area contributed by atoms with Crippen LogP contribution >= 0.6 is 0 Å². The highest BCUT2D eigenvalue weighted by Gasteiger charge is 2.15. The van der Waals surface area contributed by atoms with Crippen LogP contribution in [-0.2, 0) is 14.3 Å². The summed E-state index contributed by atoms with van der Waals surface area (Å²) in [6.45, 7) is 4.77. The standard InChI is InChI=1S/C7H8O4/c1-3-4-11-5(2)6(8)7(9)10/h3-4H,2H2,1H3,(H,9,10)/b4-3-. The van der Waals surface area contributed by atoms with Gasteiger partial charge in [-0.1, -0.05) is 12.7 Å². The fourth-order valence-corrected chi connectivity index (χ4v) is 0.323.